The van der Waals surface area contributed by atoms with E-state index in [0.29, 0.717) is 25.4 Å². The monoisotopic (exact) mass is 562 g/mol. The lowest BCUT2D eigenvalue weighted by Crippen LogP contribution is -2.36. The van der Waals surface area contributed by atoms with Gasteiger partial charge in [-0.15, -0.1) is 0 Å². The molecule has 0 spiro atoms. The number of hydrogen-bond acceptors (Lipinski definition) is 2. The van der Waals surface area contributed by atoms with Crippen molar-refractivity contribution in [3.8, 4) is 0 Å². The quantitative estimate of drug-likeness (QED) is 0.167. The highest BCUT2D eigenvalue weighted by atomic mass is 19.1. The summed E-state index contributed by atoms with van der Waals surface area (Å²) in [5.74, 6) is -0.206. The predicted octanol–water partition coefficient (Wildman–Crippen LogP) is 8.04. The number of carbonyl (C=O) groups excluding carboxylic acids is 1. The van der Waals surface area contributed by atoms with Crippen molar-refractivity contribution in [3.63, 3.8) is 0 Å². The van der Waals surface area contributed by atoms with E-state index >= 15 is 0 Å². The van der Waals surface area contributed by atoms with E-state index in [1.54, 1.807) is 12.1 Å². The molecule has 3 nitrogen and oxygen atoms in total. The van der Waals surface area contributed by atoms with Gasteiger partial charge in [-0.3, -0.25) is 9.69 Å². The Morgan fingerprint density at radius 2 is 1.45 bits per heavy atom. The zero-order valence-electron chi connectivity index (χ0n) is 24.8. The Balaban J connectivity index is 1.25. The second kappa shape index (κ2) is 14.4. The van der Waals surface area contributed by atoms with Gasteiger partial charge in [0.15, 0.2) is 0 Å². The maximum atomic E-state index is 13.2. The molecular weight excluding hydrogens is 519 g/mol. The average Bonchev–Trinajstić information content (AvgIpc) is 3.04. The van der Waals surface area contributed by atoms with Crippen molar-refractivity contribution in [2.75, 3.05) is 19.6 Å². The van der Waals surface area contributed by atoms with Gasteiger partial charge in [0.25, 0.3) is 0 Å². The molecule has 0 aliphatic carbocycles. The summed E-state index contributed by atoms with van der Waals surface area (Å²) in [5.41, 5.74) is 6.50. The van der Waals surface area contributed by atoms with Crippen molar-refractivity contribution < 1.29 is 9.18 Å². The van der Waals surface area contributed by atoms with E-state index in [1.807, 2.05) is 0 Å². The van der Waals surface area contributed by atoms with Crippen LogP contribution in [0.4, 0.5) is 4.39 Å². The van der Waals surface area contributed by atoms with Crippen LogP contribution in [0.1, 0.15) is 72.9 Å². The van der Waals surface area contributed by atoms with Crippen LogP contribution >= 0.6 is 0 Å². The Bertz CT molecular complexity index is 1360. The molecular formula is C38H43FN2O. The van der Waals surface area contributed by atoms with Crippen molar-refractivity contribution >= 4 is 5.91 Å². The van der Waals surface area contributed by atoms with Crippen LogP contribution in [0.3, 0.4) is 0 Å². The molecule has 1 unspecified atom stereocenters. The second-order valence-corrected chi connectivity index (χ2v) is 11.7. The lowest BCUT2D eigenvalue weighted by atomic mass is 9.68. The third-order valence-electron chi connectivity index (χ3n) is 9.08. The fraction of sp³-hybridized carbons (Fsp3) is 0.342. The number of nitrogens with zero attached hydrogens (tertiary/aromatic N) is 1. The Morgan fingerprint density at radius 1 is 0.833 bits per heavy atom. The largest absolute Gasteiger partial charge is 0.356 e. The molecule has 1 aliphatic rings. The Hall–Kier alpha value is -3.76. The van der Waals surface area contributed by atoms with Gasteiger partial charge in [0.05, 0.1) is 0 Å². The van der Waals surface area contributed by atoms with Gasteiger partial charge in [0.1, 0.15) is 5.82 Å². The molecule has 4 heteroatoms. The van der Waals surface area contributed by atoms with E-state index in [9.17, 15) is 9.18 Å². The van der Waals surface area contributed by atoms with Gasteiger partial charge in [0, 0.05) is 31.0 Å². The zero-order chi connectivity index (χ0) is 29.2. The zero-order valence-corrected chi connectivity index (χ0v) is 24.8. The number of fused-ring (bicyclic) bond motifs is 1. The molecule has 0 radical (unpaired) electrons. The van der Waals surface area contributed by atoms with Gasteiger partial charge in [-0.1, -0.05) is 97.1 Å². The normalized spacial score (nSPS) is 15.2. The Kier molecular flexibility index (Phi) is 10.2. The van der Waals surface area contributed by atoms with E-state index in [-0.39, 0.29) is 17.1 Å². The molecule has 1 aliphatic heterocycles. The predicted molar refractivity (Wildman–Crippen MR) is 170 cm³/mol. The maximum absolute atomic E-state index is 13.2. The Morgan fingerprint density at radius 3 is 2.14 bits per heavy atom. The number of nitrogens with one attached hydrogen (secondary N) is 1. The molecule has 0 saturated heterocycles. The molecule has 1 atom stereocenters. The first kappa shape index (κ1) is 29.7. The number of amides is 1. The molecule has 1 N–H and O–H groups in total. The summed E-state index contributed by atoms with van der Waals surface area (Å²) in [6, 6.07) is 37.6. The first-order valence-corrected chi connectivity index (χ1v) is 15.5. The van der Waals surface area contributed by atoms with E-state index in [1.165, 1.54) is 34.4 Å². The van der Waals surface area contributed by atoms with Crippen LogP contribution in [0.5, 0.6) is 0 Å². The second-order valence-electron chi connectivity index (χ2n) is 11.7. The number of hydrogen-bond donors (Lipinski definition) is 1. The lowest BCUT2D eigenvalue weighted by Gasteiger charge is -2.38. The van der Waals surface area contributed by atoms with Crippen molar-refractivity contribution in [2.24, 2.45) is 0 Å². The van der Waals surface area contributed by atoms with E-state index < -0.39 is 0 Å². The van der Waals surface area contributed by atoms with Crippen molar-refractivity contribution in [2.45, 2.75) is 63.3 Å². The number of halogens is 1. The molecule has 0 saturated carbocycles. The minimum absolute atomic E-state index is 0.0451. The molecule has 218 valence electrons. The van der Waals surface area contributed by atoms with Gasteiger partial charge < -0.3 is 5.32 Å². The topological polar surface area (TPSA) is 32.3 Å². The summed E-state index contributed by atoms with van der Waals surface area (Å²) in [5, 5.41) is 3.14. The molecule has 4 aromatic carbocycles. The highest BCUT2D eigenvalue weighted by Crippen LogP contribution is 2.41. The summed E-state index contributed by atoms with van der Waals surface area (Å²) in [4.78, 5) is 15.3. The number of rotatable bonds is 13. The van der Waals surface area contributed by atoms with E-state index in [4.69, 9.17) is 0 Å². The van der Waals surface area contributed by atoms with Crippen molar-refractivity contribution in [1.82, 2.24) is 10.2 Å². The van der Waals surface area contributed by atoms with Gasteiger partial charge in [-0.2, -0.15) is 0 Å². The minimum atomic E-state index is -0.251. The van der Waals surface area contributed by atoms with Crippen LogP contribution in [0.25, 0.3) is 0 Å². The van der Waals surface area contributed by atoms with Crippen molar-refractivity contribution in [3.05, 3.63) is 143 Å². The van der Waals surface area contributed by atoms with Gasteiger partial charge in [-0.25, -0.2) is 4.39 Å². The molecule has 5 rings (SSSR count). The van der Waals surface area contributed by atoms with Gasteiger partial charge >= 0.3 is 0 Å². The van der Waals surface area contributed by atoms with Gasteiger partial charge in [-0.05, 0) is 91.9 Å². The van der Waals surface area contributed by atoms with E-state index in [0.717, 1.165) is 50.8 Å². The first-order valence-electron chi connectivity index (χ1n) is 15.5. The van der Waals surface area contributed by atoms with Gasteiger partial charge in [0.2, 0.25) is 5.91 Å². The standard InChI is InChI=1S/C38H43FN2O/c1-30-36-17-9-8-12-32(36)24-29-41(30)28-11-26-38(33-13-4-2-5-14-33,34-15-6-3-7-16-34)25-10-27-40-37(42)23-20-31-18-21-35(39)22-19-31/h2-9,12-19,21-22,30H,10-11,20,23-29H2,1H3,(H,40,42). The molecule has 4 aromatic rings. The molecule has 0 bridgehead atoms. The molecule has 1 heterocycles. The summed E-state index contributed by atoms with van der Waals surface area (Å²) in [6.07, 6.45) is 6.13. The smallest absolute Gasteiger partial charge is 0.220 e. The highest BCUT2D eigenvalue weighted by Gasteiger charge is 2.34. The van der Waals surface area contributed by atoms with Crippen LogP contribution < -0.4 is 5.32 Å². The number of carbonyl (C=O) groups is 1. The lowest BCUT2D eigenvalue weighted by molar-refractivity contribution is -0.121. The Labute approximate surface area is 250 Å². The third kappa shape index (κ3) is 7.35. The van der Waals surface area contributed by atoms with E-state index in [2.05, 4.69) is 102 Å². The molecule has 0 fully saturated rings. The molecule has 0 aromatic heterocycles. The number of benzene rings is 4. The van der Waals surface area contributed by atoms with Crippen LogP contribution in [0.2, 0.25) is 0 Å². The first-order chi connectivity index (χ1) is 20.5. The SMILES string of the molecule is CC1c2ccccc2CCN1CCCC(CCCNC(=O)CCc1ccc(F)cc1)(c1ccccc1)c1ccccc1. The summed E-state index contributed by atoms with van der Waals surface area (Å²) in [6.45, 7) is 5.16. The third-order valence-corrected chi connectivity index (χ3v) is 9.08. The van der Waals surface area contributed by atoms with Crippen LogP contribution in [-0.2, 0) is 23.1 Å². The van der Waals surface area contributed by atoms with Crippen molar-refractivity contribution in [1.29, 1.82) is 0 Å². The fourth-order valence-electron chi connectivity index (χ4n) is 6.71. The minimum Gasteiger partial charge on any atom is -0.356 e. The van der Waals surface area contributed by atoms with Crippen LogP contribution in [0, 0.1) is 5.82 Å². The average molecular weight is 563 g/mol. The highest BCUT2D eigenvalue weighted by molar-refractivity contribution is 5.76. The molecule has 42 heavy (non-hydrogen) atoms. The summed E-state index contributed by atoms with van der Waals surface area (Å²) in [7, 11) is 0. The van der Waals surface area contributed by atoms with Crippen LogP contribution in [0.15, 0.2) is 109 Å². The summed E-state index contributed by atoms with van der Waals surface area (Å²) >= 11 is 0. The number of aryl methyl sites for hydroxylation is 1. The maximum Gasteiger partial charge on any atom is 0.220 e. The van der Waals surface area contributed by atoms with Crippen LogP contribution in [-0.4, -0.2) is 30.4 Å². The fourth-order valence-corrected chi connectivity index (χ4v) is 6.71. The summed E-state index contributed by atoms with van der Waals surface area (Å²) < 4.78 is 13.2. The molecule has 1 amide bonds.